The predicted octanol–water partition coefficient (Wildman–Crippen LogP) is 1.32. The lowest BCUT2D eigenvalue weighted by atomic mass is 9.91. The van der Waals surface area contributed by atoms with Crippen LogP contribution in [0.1, 0.15) is 39.0 Å². The Labute approximate surface area is 99.4 Å². The van der Waals surface area contributed by atoms with E-state index in [0.29, 0.717) is 18.7 Å². The molecule has 0 bridgehead atoms. The van der Waals surface area contributed by atoms with Crippen LogP contribution < -0.4 is 0 Å². The topological polar surface area (TPSA) is 26.7 Å². The molecule has 2 aliphatic rings. The van der Waals surface area contributed by atoms with Gasteiger partial charge in [-0.05, 0) is 26.8 Å². The fourth-order valence-corrected chi connectivity index (χ4v) is 3.23. The predicted molar refractivity (Wildman–Crippen MR) is 66.5 cm³/mol. The van der Waals surface area contributed by atoms with E-state index >= 15 is 0 Å². The van der Waals surface area contributed by atoms with Gasteiger partial charge in [-0.25, -0.2) is 0 Å². The second-order valence-electron chi connectivity index (χ2n) is 5.61. The number of rotatable bonds is 2. The maximum atomic E-state index is 9.53. The molecule has 2 unspecified atom stereocenters. The third-order valence-corrected chi connectivity index (χ3v) is 4.45. The van der Waals surface area contributed by atoms with E-state index in [2.05, 4.69) is 23.8 Å². The number of aliphatic hydroxyl groups is 1. The first kappa shape index (κ1) is 12.3. The van der Waals surface area contributed by atoms with Crippen molar-refractivity contribution < 1.29 is 5.11 Å². The molecular weight excluding hydrogens is 200 g/mol. The minimum absolute atomic E-state index is 0.313. The molecule has 2 rings (SSSR count). The molecule has 1 heterocycles. The van der Waals surface area contributed by atoms with Crippen LogP contribution in [0.5, 0.6) is 0 Å². The van der Waals surface area contributed by atoms with Crippen LogP contribution in [0.2, 0.25) is 0 Å². The summed E-state index contributed by atoms with van der Waals surface area (Å²) in [5.74, 6) is 0. The Morgan fingerprint density at radius 3 is 2.44 bits per heavy atom. The SMILES string of the molecule is CC1CN(C2CCCCC2)C(CO)CN1C. The monoisotopic (exact) mass is 226 g/mol. The highest BCUT2D eigenvalue weighted by molar-refractivity contribution is 4.89. The Hall–Kier alpha value is -0.120. The van der Waals surface area contributed by atoms with E-state index in [0.717, 1.165) is 19.1 Å². The third-order valence-electron chi connectivity index (χ3n) is 4.45. The number of hydrogen-bond acceptors (Lipinski definition) is 3. The summed E-state index contributed by atoms with van der Waals surface area (Å²) in [6.45, 7) is 4.76. The van der Waals surface area contributed by atoms with Gasteiger partial charge in [0.1, 0.15) is 0 Å². The maximum Gasteiger partial charge on any atom is 0.0599 e. The molecule has 1 aliphatic carbocycles. The molecule has 0 aromatic heterocycles. The summed E-state index contributed by atoms with van der Waals surface area (Å²) in [6, 6.07) is 1.73. The molecule has 2 fully saturated rings. The largest absolute Gasteiger partial charge is 0.395 e. The van der Waals surface area contributed by atoms with Crippen LogP contribution in [0, 0.1) is 0 Å². The minimum Gasteiger partial charge on any atom is -0.395 e. The van der Waals surface area contributed by atoms with Gasteiger partial charge in [-0.15, -0.1) is 0 Å². The second-order valence-corrected chi connectivity index (χ2v) is 5.61. The van der Waals surface area contributed by atoms with Gasteiger partial charge in [0.25, 0.3) is 0 Å². The van der Waals surface area contributed by atoms with Crippen LogP contribution in [0.15, 0.2) is 0 Å². The molecule has 94 valence electrons. The first-order chi connectivity index (χ1) is 7.72. The van der Waals surface area contributed by atoms with Gasteiger partial charge in [-0.2, -0.15) is 0 Å². The number of piperazine rings is 1. The molecule has 1 saturated carbocycles. The summed E-state index contributed by atoms with van der Waals surface area (Å²) in [4.78, 5) is 4.96. The maximum absolute atomic E-state index is 9.53. The lowest BCUT2D eigenvalue weighted by molar-refractivity contribution is -0.0137. The molecule has 16 heavy (non-hydrogen) atoms. The van der Waals surface area contributed by atoms with E-state index in [-0.39, 0.29) is 0 Å². The zero-order valence-electron chi connectivity index (χ0n) is 10.7. The Balaban J connectivity index is 1.99. The number of aliphatic hydroxyl groups excluding tert-OH is 1. The molecule has 1 aliphatic heterocycles. The van der Waals surface area contributed by atoms with Gasteiger partial charge in [-0.1, -0.05) is 19.3 Å². The van der Waals surface area contributed by atoms with Crippen molar-refractivity contribution in [1.82, 2.24) is 9.80 Å². The highest BCUT2D eigenvalue weighted by atomic mass is 16.3. The number of likely N-dealkylation sites (N-methyl/N-ethyl adjacent to an activating group) is 1. The van der Waals surface area contributed by atoms with Crippen molar-refractivity contribution >= 4 is 0 Å². The molecule has 3 heteroatoms. The second kappa shape index (κ2) is 5.48. The van der Waals surface area contributed by atoms with Crippen LogP contribution in [0.25, 0.3) is 0 Å². The van der Waals surface area contributed by atoms with Gasteiger partial charge in [0.05, 0.1) is 6.61 Å². The molecule has 0 spiro atoms. The van der Waals surface area contributed by atoms with Gasteiger partial charge in [0.15, 0.2) is 0 Å². The van der Waals surface area contributed by atoms with E-state index in [1.807, 2.05) is 0 Å². The van der Waals surface area contributed by atoms with Crippen LogP contribution >= 0.6 is 0 Å². The zero-order valence-corrected chi connectivity index (χ0v) is 10.7. The quantitative estimate of drug-likeness (QED) is 0.769. The molecule has 2 atom stereocenters. The zero-order chi connectivity index (χ0) is 11.5. The van der Waals surface area contributed by atoms with Gasteiger partial charge in [0.2, 0.25) is 0 Å². The molecule has 1 N–H and O–H groups in total. The smallest absolute Gasteiger partial charge is 0.0599 e. The summed E-state index contributed by atoms with van der Waals surface area (Å²) < 4.78 is 0. The normalized spacial score (nSPS) is 35.4. The van der Waals surface area contributed by atoms with Crippen molar-refractivity contribution in [3.63, 3.8) is 0 Å². The van der Waals surface area contributed by atoms with Crippen molar-refractivity contribution in [3.05, 3.63) is 0 Å². The molecule has 0 aromatic carbocycles. The Kier molecular flexibility index (Phi) is 4.22. The van der Waals surface area contributed by atoms with Crippen molar-refractivity contribution in [3.8, 4) is 0 Å². The fourth-order valence-electron chi connectivity index (χ4n) is 3.23. The van der Waals surface area contributed by atoms with Crippen LogP contribution in [0.4, 0.5) is 0 Å². The lowest BCUT2D eigenvalue weighted by Gasteiger charge is -2.47. The summed E-state index contributed by atoms with van der Waals surface area (Å²) in [7, 11) is 2.17. The average Bonchev–Trinajstić information content (AvgIpc) is 2.33. The van der Waals surface area contributed by atoms with Gasteiger partial charge in [-0.3, -0.25) is 4.90 Å². The van der Waals surface area contributed by atoms with Crippen LogP contribution in [0.3, 0.4) is 0 Å². The lowest BCUT2D eigenvalue weighted by Crippen LogP contribution is -2.60. The summed E-state index contributed by atoms with van der Waals surface area (Å²) in [5, 5.41) is 9.53. The molecule has 3 nitrogen and oxygen atoms in total. The summed E-state index contributed by atoms with van der Waals surface area (Å²) in [5.41, 5.74) is 0. The average molecular weight is 226 g/mol. The third kappa shape index (κ3) is 2.58. The molecule has 0 aromatic rings. The van der Waals surface area contributed by atoms with Crippen LogP contribution in [-0.2, 0) is 0 Å². The van der Waals surface area contributed by atoms with Crippen molar-refractivity contribution in [2.75, 3.05) is 26.7 Å². The molecule has 0 radical (unpaired) electrons. The fraction of sp³-hybridized carbons (Fsp3) is 1.00. The number of nitrogens with zero attached hydrogens (tertiary/aromatic N) is 2. The van der Waals surface area contributed by atoms with Crippen molar-refractivity contribution in [1.29, 1.82) is 0 Å². The van der Waals surface area contributed by atoms with Crippen molar-refractivity contribution in [2.24, 2.45) is 0 Å². The highest BCUT2D eigenvalue weighted by Crippen LogP contribution is 2.26. The van der Waals surface area contributed by atoms with Gasteiger partial charge in [0, 0.05) is 31.2 Å². The number of hydrogen-bond donors (Lipinski definition) is 1. The van der Waals surface area contributed by atoms with E-state index in [4.69, 9.17) is 0 Å². The van der Waals surface area contributed by atoms with Gasteiger partial charge < -0.3 is 10.0 Å². The first-order valence-corrected chi connectivity index (χ1v) is 6.79. The molecule has 1 saturated heterocycles. The standard InChI is InChI=1S/C13H26N2O/c1-11-8-15(12-6-4-3-5-7-12)13(10-16)9-14(11)2/h11-13,16H,3-10H2,1-2H3. The van der Waals surface area contributed by atoms with Gasteiger partial charge >= 0.3 is 0 Å². The summed E-state index contributed by atoms with van der Waals surface area (Å²) in [6.07, 6.45) is 6.84. The highest BCUT2D eigenvalue weighted by Gasteiger charge is 2.33. The molecule has 0 amide bonds. The van der Waals surface area contributed by atoms with Crippen molar-refractivity contribution in [2.45, 2.75) is 57.2 Å². The van der Waals surface area contributed by atoms with E-state index in [9.17, 15) is 5.11 Å². The molecular formula is C13H26N2O. The minimum atomic E-state index is 0.313. The Bertz CT molecular complexity index is 214. The summed E-state index contributed by atoms with van der Waals surface area (Å²) >= 11 is 0. The van der Waals surface area contributed by atoms with E-state index in [1.54, 1.807) is 0 Å². The van der Waals surface area contributed by atoms with E-state index < -0.39 is 0 Å². The Morgan fingerprint density at radius 1 is 1.12 bits per heavy atom. The van der Waals surface area contributed by atoms with Crippen LogP contribution in [-0.4, -0.2) is 59.8 Å². The Morgan fingerprint density at radius 2 is 1.81 bits per heavy atom. The van der Waals surface area contributed by atoms with E-state index in [1.165, 1.54) is 32.1 Å². The first-order valence-electron chi connectivity index (χ1n) is 6.79.